The molecule has 0 saturated heterocycles. The van der Waals surface area contributed by atoms with Crippen LogP contribution in [0.3, 0.4) is 0 Å². The maximum atomic E-state index is 10.5. The van der Waals surface area contributed by atoms with Crippen molar-refractivity contribution in [2.24, 2.45) is 0 Å². The molecule has 0 atom stereocenters. The molecule has 5 heteroatoms. The number of fused-ring (bicyclic) bond motifs is 7. The molecular weight excluding hydrogens is 528 g/mol. The van der Waals surface area contributed by atoms with E-state index in [1.165, 1.54) is 21.5 Å². The van der Waals surface area contributed by atoms with Crippen molar-refractivity contribution in [1.29, 1.82) is 0 Å². The summed E-state index contributed by atoms with van der Waals surface area (Å²) >= 11 is 0. The van der Waals surface area contributed by atoms with E-state index in [-0.39, 0.29) is 5.75 Å². The number of hydrogen-bond acceptors (Lipinski definition) is 3. The average Bonchev–Trinajstić information content (AvgIpc) is 3.64. The molecule has 3 heterocycles. The molecule has 0 saturated carbocycles. The topological polar surface area (TPSA) is 66.7 Å². The predicted octanol–water partition coefficient (Wildman–Crippen LogP) is 9.40. The van der Waals surface area contributed by atoms with Crippen LogP contribution in [0.2, 0.25) is 0 Å². The average molecular weight is 553 g/mol. The summed E-state index contributed by atoms with van der Waals surface area (Å²) in [6.45, 7) is 0. The van der Waals surface area contributed by atoms with Gasteiger partial charge >= 0.3 is 0 Å². The van der Waals surface area contributed by atoms with Gasteiger partial charge < -0.3 is 10.1 Å². The first-order valence-corrected chi connectivity index (χ1v) is 14.3. The minimum absolute atomic E-state index is 0.206. The van der Waals surface area contributed by atoms with Gasteiger partial charge in [0, 0.05) is 38.2 Å². The maximum absolute atomic E-state index is 10.5. The fraction of sp³-hybridized carbons (Fsp3) is 0. The first-order valence-electron chi connectivity index (χ1n) is 14.3. The van der Waals surface area contributed by atoms with E-state index in [1.807, 2.05) is 35.0 Å². The van der Waals surface area contributed by atoms with Gasteiger partial charge in [0.25, 0.3) is 0 Å². The molecule has 0 amide bonds. The standard InChI is InChI=1S/C38H24N4O/c43-34-19-8-5-13-26(34)31-21-20-23-11-9-18-33(36(23)39-31)42-32-17-7-4-15-28(32)37(41-42)29-22-24-10-1-2-12-25(24)35-27-14-3-6-16-30(27)40-38(29)35/h1-22,40,43H. The van der Waals surface area contributed by atoms with E-state index >= 15 is 0 Å². The Morgan fingerprint density at radius 2 is 1.35 bits per heavy atom. The number of aromatic hydroxyl groups is 1. The minimum atomic E-state index is 0.206. The summed E-state index contributed by atoms with van der Waals surface area (Å²) in [4.78, 5) is 8.79. The first-order chi connectivity index (χ1) is 21.2. The fourth-order valence-electron chi connectivity index (χ4n) is 6.48. The molecule has 5 nitrogen and oxygen atoms in total. The van der Waals surface area contributed by atoms with Crippen LogP contribution in [0.1, 0.15) is 0 Å². The number of aromatic amines is 1. The van der Waals surface area contributed by atoms with E-state index < -0.39 is 0 Å². The lowest BCUT2D eigenvalue weighted by molar-refractivity contribution is 0.477. The van der Waals surface area contributed by atoms with Gasteiger partial charge in [-0.3, -0.25) is 0 Å². The monoisotopic (exact) mass is 552 g/mol. The normalized spacial score (nSPS) is 11.8. The quantitative estimate of drug-likeness (QED) is 0.229. The second-order valence-corrected chi connectivity index (χ2v) is 10.9. The number of nitrogens with zero attached hydrogens (tertiary/aromatic N) is 3. The summed E-state index contributed by atoms with van der Waals surface area (Å²) in [5.41, 5.74) is 8.25. The van der Waals surface area contributed by atoms with Crippen molar-refractivity contribution in [1.82, 2.24) is 19.7 Å². The van der Waals surface area contributed by atoms with E-state index in [0.717, 1.165) is 49.8 Å². The Labute approximate surface area is 246 Å². The van der Waals surface area contributed by atoms with Gasteiger partial charge in [-0.05, 0) is 53.2 Å². The Hall–Kier alpha value is -5.94. The van der Waals surface area contributed by atoms with Crippen molar-refractivity contribution in [3.63, 3.8) is 0 Å². The van der Waals surface area contributed by atoms with Crippen molar-refractivity contribution < 1.29 is 5.11 Å². The highest BCUT2D eigenvalue weighted by Crippen LogP contribution is 2.41. The third kappa shape index (κ3) is 3.52. The highest BCUT2D eigenvalue weighted by Gasteiger charge is 2.20. The van der Waals surface area contributed by atoms with Crippen LogP contribution in [0.4, 0.5) is 0 Å². The fourth-order valence-corrected chi connectivity index (χ4v) is 6.48. The van der Waals surface area contributed by atoms with Gasteiger partial charge in [0.2, 0.25) is 0 Å². The van der Waals surface area contributed by atoms with Crippen LogP contribution in [0, 0.1) is 0 Å². The smallest absolute Gasteiger partial charge is 0.124 e. The van der Waals surface area contributed by atoms with Gasteiger partial charge in [-0.25, -0.2) is 9.67 Å². The first kappa shape index (κ1) is 23.7. The molecule has 3 aromatic heterocycles. The largest absolute Gasteiger partial charge is 0.507 e. The van der Waals surface area contributed by atoms with Crippen LogP contribution < -0.4 is 0 Å². The van der Waals surface area contributed by atoms with Crippen molar-refractivity contribution in [2.45, 2.75) is 0 Å². The highest BCUT2D eigenvalue weighted by molar-refractivity contribution is 6.24. The summed E-state index contributed by atoms with van der Waals surface area (Å²) < 4.78 is 2.01. The van der Waals surface area contributed by atoms with Crippen LogP contribution >= 0.6 is 0 Å². The molecule has 0 bridgehead atoms. The number of benzene rings is 6. The number of para-hydroxylation sites is 4. The van der Waals surface area contributed by atoms with E-state index in [9.17, 15) is 5.11 Å². The molecule has 0 unspecified atom stereocenters. The Morgan fingerprint density at radius 3 is 2.26 bits per heavy atom. The molecule has 0 aliphatic carbocycles. The van der Waals surface area contributed by atoms with Crippen LogP contribution in [0.15, 0.2) is 133 Å². The maximum Gasteiger partial charge on any atom is 0.124 e. The van der Waals surface area contributed by atoms with Crippen LogP contribution in [0.5, 0.6) is 5.75 Å². The molecule has 6 aromatic carbocycles. The lowest BCUT2D eigenvalue weighted by Gasteiger charge is -2.10. The van der Waals surface area contributed by atoms with Crippen LogP contribution in [-0.4, -0.2) is 24.9 Å². The van der Waals surface area contributed by atoms with Crippen molar-refractivity contribution >= 4 is 54.4 Å². The Morgan fingerprint density at radius 1 is 0.605 bits per heavy atom. The van der Waals surface area contributed by atoms with Crippen LogP contribution in [0.25, 0.3) is 82.6 Å². The zero-order chi connectivity index (χ0) is 28.5. The zero-order valence-corrected chi connectivity index (χ0v) is 23.0. The van der Waals surface area contributed by atoms with E-state index in [2.05, 4.69) is 102 Å². The van der Waals surface area contributed by atoms with Gasteiger partial charge in [0.05, 0.1) is 27.9 Å². The molecule has 202 valence electrons. The van der Waals surface area contributed by atoms with E-state index in [4.69, 9.17) is 10.1 Å². The Bertz CT molecular complexity index is 2540. The van der Waals surface area contributed by atoms with Gasteiger partial charge in [0.15, 0.2) is 0 Å². The molecule has 2 N–H and O–H groups in total. The summed E-state index contributed by atoms with van der Waals surface area (Å²) in [6, 6.07) is 45.2. The molecule has 0 aliphatic heterocycles. The predicted molar refractivity (Wildman–Crippen MR) is 176 cm³/mol. The number of phenols is 1. The highest BCUT2D eigenvalue weighted by atomic mass is 16.3. The molecule has 0 spiro atoms. The number of nitrogens with one attached hydrogen (secondary N) is 1. The Kier molecular flexibility index (Phi) is 4.98. The number of hydrogen-bond donors (Lipinski definition) is 2. The summed E-state index contributed by atoms with van der Waals surface area (Å²) in [7, 11) is 0. The van der Waals surface area contributed by atoms with Gasteiger partial charge in [-0.2, -0.15) is 5.10 Å². The lowest BCUT2D eigenvalue weighted by atomic mass is 9.97. The molecule has 9 rings (SSSR count). The lowest BCUT2D eigenvalue weighted by Crippen LogP contribution is -1.99. The second kappa shape index (κ2) is 9.03. The van der Waals surface area contributed by atoms with Gasteiger partial charge in [-0.15, -0.1) is 0 Å². The number of aromatic nitrogens is 4. The number of H-pyrrole nitrogens is 1. The van der Waals surface area contributed by atoms with Gasteiger partial charge in [0.1, 0.15) is 11.4 Å². The zero-order valence-electron chi connectivity index (χ0n) is 23.0. The molecule has 0 radical (unpaired) electrons. The third-order valence-corrected chi connectivity index (χ3v) is 8.45. The molecule has 0 aliphatic rings. The summed E-state index contributed by atoms with van der Waals surface area (Å²) in [5.74, 6) is 0.206. The van der Waals surface area contributed by atoms with Crippen LogP contribution in [-0.2, 0) is 0 Å². The second-order valence-electron chi connectivity index (χ2n) is 10.9. The Balaban J connectivity index is 1.35. The molecular formula is C38H24N4O. The minimum Gasteiger partial charge on any atom is -0.507 e. The molecule has 43 heavy (non-hydrogen) atoms. The van der Waals surface area contributed by atoms with Gasteiger partial charge in [-0.1, -0.05) is 91.0 Å². The SMILES string of the molecule is Oc1ccccc1-c1ccc2cccc(-n3nc(-c4cc5ccccc5c5c4[nH]c4ccccc45)c4ccccc43)c2n1. The number of pyridine rings is 1. The van der Waals surface area contributed by atoms with Crippen molar-refractivity contribution in [2.75, 3.05) is 0 Å². The molecule has 0 fully saturated rings. The molecule has 9 aromatic rings. The van der Waals surface area contributed by atoms with E-state index in [1.54, 1.807) is 6.07 Å². The summed E-state index contributed by atoms with van der Waals surface area (Å²) in [6.07, 6.45) is 0. The number of rotatable bonds is 3. The number of phenolic OH excluding ortho intramolecular Hbond substituents is 1. The van der Waals surface area contributed by atoms with Crippen molar-refractivity contribution in [3.05, 3.63) is 133 Å². The van der Waals surface area contributed by atoms with E-state index in [0.29, 0.717) is 11.3 Å². The van der Waals surface area contributed by atoms with Crippen molar-refractivity contribution in [3.8, 4) is 34.0 Å². The third-order valence-electron chi connectivity index (χ3n) is 8.45. The summed E-state index contributed by atoms with van der Waals surface area (Å²) in [5, 5.41) is 22.8.